The fraction of sp³-hybridized carbons (Fsp3) is 0.429. The van der Waals surface area contributed by atoms with Gasteiger partial charge >= 0.3 is 0 Å². The number of pyridine rings is 2. The van der Waals surface area contributed by atoms with Crippen LogP contribution in [0.1, 0.15) is 25.7 Å². The lowest BCUT2D eigenvalue weighted by Crippen LogP contribution is -2.36. The number of anilines is 1. The molecule has 0 spiro atoms. The highest BCUT2D eigenvalue weighted by Crippen LogP contribution is 2.23. The number of aromatic nitrogens is 4. The molecule has 3 heterocycles. The second-order valence-electron chi connectivity index (χ2n) is 7.83. The molecule has 152 valence electrons. The van der Waals surface area contributed by atoms with E-state index in [1.165, 1.54) is 25.7 Å². The van der Waals surface area contributed by atoms with E-state index in [0.29, 0.717) is 11.2 Å². The van der Waals surface area contributed by atoms with Crippen LogP contribution in [0.2, 0.25) is 0 Å². The zero-order valence-electron chi connectivity index (χ0n) is 16.9. The maximum atomic E-state index is 5.45. The molecule has 7 nitrogen and oxygen atoms in total. The molecule has 1 aliphatic rings. The van der Waals surface area contributed by atoms with Gasteiger partial charge in [0.1, 0.15) is 5.82 Å². The molecule has 1 saturated carbocycles. The summed E-state index contributed by atoms with van der Waals surface area (Å²) in [5.74, 6) is 0.730. The molecule has 0 unspecified atom stereocenters. The molecule has 4 rings (SSSR count). The number of fused-ring (bicyclic) bond motifs is 1. The zero-order chi connectivity index (χ0) is 20.2. The monoisotopic (exact) mass is 409 g/mol. The van der Waals surface area contributed by atoms with Gasteiger partial charge in [-0.25, -0.2) is 4.98 Å². The van der Waals surface area contributed by atoms with Crippen LogP contribution >= 0.6 is 12.2 Å². The van der Waals surface area contributed by atoms with E-state index in [-0.39, 0.29) is 0 Å². The maximum Gasteiger partial charge on any atom is 0.172 e. The molecule has 0 amide bonds. The van der Waals surface area contributed by atoms with Gasteiger partial charge in [0.2, 0.25) is 0 Å². The van der Waals surface area contributed by atoms with Crippen LogP contribution in [0.25, 0.3) is 22.2 Å². The largest absolute Gasteiger partial charge is 0.360 e. The van der Waals surface area contributed by atoms with E-state index in [0.717, 1.165) is 41.1 Å². The van der Waals surface area contributed by atoms with Crippen LogP contribution < -0.4 is 10.6 Å². The summed E-state index contributed by atoms with van der Waals surface area (Å²) in [4.78, 5) is 11.4. The van der Waals surface area contributed by atoms with E-state index in [1.54, 1.807) is 0 Å². The van der Waals surface area contributed by atoms with Gasteiger partial charge in [-0.2, -0.15) is 5.10 Å². The Hall–Kier alpha value is -2.58. The van der Waals surface area contributed by atoms with Crippen molar-refractivity contribution in [3.05, 3.63) is 36.8 Å². The molecule has 29 heavy (non-hydrogen) atoms. The summed E-state index contributed by atoms with van der Waals surface area (Å²) in [6.07, 6.45) is 10.7. The maximum absolute atomic E-state index is 5.45. The van der Waals surface area contributed by atoms with E-state index in [1.807, 2.05) is 35.3 Å². The average Bonchev–Trinajstić information content (AvgIpc) is 3.37. The molecule has 0 aromatic carbocycles. The Balaban J connectivity index is 1.48. The third-order valence-electron chi connectivity index (χ3n) is 5.21. The van der Waals surface area contributed by atoms with Crippen molar-refractivity contribution in [1.82, 2.24) is 30.0 Å². The van der Waals surface area contributed by atoms with Gasteiger partial charge in [0.25, 0.3) is 0 Å². The highest BCUT2D eigenvalue weighted by atomic mass is 32.1. The number of likely N-dealkylation sites (N-methyl/N-ethyl adjacent to an activating group) is 1. The van der Waals surface area contributed by atoms with Crippen LogP contribution in [0.4, 0.5) is 5.82 Å². The first-order chi connectivity index (χ1) is 14.1. The molecule has 1 aliphatic carbocycles. The Morgan fingerprint density at radius 1 is 1.17 bits per heavy atom. The Morgan fingerprint density at radius 2 is 2.00 bits per heavy atom. The van der Waals surface area contributed by atoms with Crippen molar-refractivity contribution in [2.75, 3.05) is 26.0 Å². The van der Waals surface area contributed by atoms with Gasteiger partial charge in [-0.15, -0.1) is 0 Å². The lowest BCUT2D eigenvalue weighted by atomic mass is 10.1. The summed E-state index contributed by atoms with van der Waals surface area (Å²) >= 11 is 5.45. The van der Waals surface area contributed by atoms with Gasteiger partial charge in [0.05, 0.1) is 23.8 Å². The van der Waals surface area contributed by atoms with Crippen molar-refractivity contribution >= 4 is 34.2 Å². The molecule has 0 radical (unpaired) electrons. The van der Waals surface area contributed by atoms with Crippen LogP contribution in [0.3, 0.4) is 0 Å². The van der Waals surface area contributed by atoms with Gasteiger partial charge in [-0.05, 0) is 57.4 Å². The molecule has 0 atom stereocenters. The number of hydrogen-bond donors (Lipinski definition) is 2. The van der Waals surface area contributed by atoms with E-state index in [4.69, 9.17) is 17.2 Å². The number of hydrogen-bond acceptors (Lipinski definition) is 5. The number of thiocarbonyl (C=S) groups is 1. The van der Waals surface area contributed by atoms with Crippen LogP contribution in [-0.4, -0.2) is 56.4 Å². The summed E-state index contributed by atoms with van der Waals surface area (Å²) in [6.45, 7) is 1.80. The van der Waals surface area contributed by atoms with Gasteiger partial charge < -0.3 is 15.5 Å². The van der Waals surface area contributed by atoms with E-state index < -0.39 is 0 Å². The first-order valence-corrected chi connectivity index (χ1v) is 10.5. The Bertz CT molecular complexity index is 992. The molecule has 0 saturated heterocycles. The first kappa shape index (κ1) is 19.7. The molecule has 0 aliphatic heterocycles. The van der Waals surface area contributed by atoms with Crippen LogP contribution in [0.5, 0.6) is 0 Å². The summed E-state index contributed by atoms with van der Waals surface area (Å²) in [7, 11) is 4.12. The summed E-state index contributed by atoms with van der Waals surface area (Å²) < 4.78 is 1.96. The predicted octanol–water partition coefficient (Wildman–Crippen LogP) is 3.28. The van der Waals surface area contributed by atoms with Gasteiger partial charge in [0, 0.05) is 36.1 Å². The second kappa shape index (κ2) is 8.84. The third-order valence-corrected chi connectivity index (χ3v) is 5.43. The quantitative estimate of drug-likeness (QED) is 0.606. The first-order valence-electron chi connectivity index (χ1n) is 10.1. The van der Waals surface area contributed by atoms with Crippen LogP contribution in [0, 0.1) is 0 Å². The zero-order valence-corrected chi connectivity index (χ0v) is 17.7. The SMILES string of the molecule is CN(C)CCn1cc(-c2cnc3ccc(NC(=S)NC4CCCC4)nc3c2)cn1. The Labute approximate surface area is 176 Å². The molecule has 3 aromatic rings. The highest BCUT2D eigenvalue weighted by molar-refractivity contribution is 7.80. The Morgan fingerprint density at radius 3 is 2.79 bits per heavy atom. The molecule has 8 heteroatoms. The highest BCUT2D eigenvalue weighted by Gasteiger charge is 2.15. The van der Waals surface area contributed by atoms with Crippen molar-refractivity contribution in [3.8, 4) is 11.1 Å². The molecule has 3 aromatic heterocycles. The van der Waals surface area contributed by atoms with Gasteiger partial charge in [0.15, 0.2) is 5.11 Å². The standard InChI is InChI=1S/C21H27N7S/c1-27(2)9-10-28-14-16(13-23-28)15-11-19-18(22-12-15)7-8-20(25-19)26-21(29)24-17-5-3-4-6-17/h7-8,11-14,17H,3-6,9-10H2,1-2H3,(H2,24,25,26,29). The van der Waals surface area contributed by atoms with E-state index in [9.17, 15) is 0 Å². The third kappa shape index (κ3) is 5.07. The minimum Gasteiger partial charge on any atom is -0.360 e. The van der Waals surface area contributed by atoms with Crippen molar-refractivity contribution in [3.63, 3.8) is 0 Å². The Kier molecular flexibility index (Phi) is 6.01. The summed E-state index contributed by atoms with van der Waals surface area (Å²) in [6, 6.07) is 6.41. The van der Waals surface area contributed by atoms with Gasteiger partial charge in [-0.1, -0.05) is 12.8 Å². The van der Waals surface area contributed by atoms with E-state index in [2.05, 4.69) is 45.9 Å². The van der Waals surface area contributed by atoms with Gasteiger partial charge in [-0.3, -0.25) is 9.67 Å². The smallest absolute Gasteiger partial charge is 0.172 e. The van der Waals surface area contributed by atoms with Crippen LogP contribution in [-0.2, 0) is 6.54 Å². The van der Waals surface area contributed by atoms with Crippen molar-refractivity contribution in [2.45, 2.75) is 38.3 Å². The van der Waals surface area contributed by atoms with Crippen LogP contribution in [0.15, 0.2) is 36.8 Å². The molecular weight excluding hydrogens is 382 g/mol. The number of rotatable bonds is 6. The molecule has 1 fully saturated rings. The lowest BCUT2D eigenvalue weighted by Gasteiger charge is -2.15. The molecular formula is C21H27N7S. The fourth-order valence-electron chi connectivity index (χ4n) is 3.58. The molecule has 2 N–H and O–H groups in total. The molecule has 0 bridgehead atoms. The summed E-state index contributed by atoms with van der Waals surface area (Å²) in [5, 5.41) is 11.7. The lowest BCUT2D eigenvalue weighted by molar-refractivity contribution is 0.373. The normalized spacial score (nSPS) is 14.6. The van der Waals surface area contributed by atoms with Crippen molar-refractivity contribution in [1.29, 1.82) is 0 Å². The minimum atomic E-state index is 0.479. The number of nitrogens with one attached hydrogen (secondary N) is 2. The number of nitrogens with zero attached hydrogens (tertiary/aromatic N) is 5. The van der Waals surface area contributed by atoms with E-state index >= 15 is 0 Å². The second-order valence-corrected chi connectivity index (χ2v) is 8.24. The van der Waals surface area contributed by atoms with Crippen molar-refractivity contribution in [2.24, 2.45) is 0 Å². The van der Waals surface area contributed by atoms with Crippen molar-refractivity contribution < 1.29 is 0 Å². The minimum absolute atomic E-state index is 0.479. The predicted molar refractivity (Wildman–Crippen MR) is 121 cm³/mol. The summed E-state index contributed by atoms with van der Waals surface area (Å²) in [5.41, 5.74) is 3.73. The topological polar surface area (TPSA) is 70.9 Å². The fourth-order valence-corrected chi connectivity index (χ4v) is 3.85. The average molecular weight is 410 g/mol.